The van der Waals surface area contributed by atoms with Crippen LogP contribution in [0.3, 0.4) is 0 Å². The predicted molar refractivity (Wildman–Crippen MR) is 129 cm³/mol. The fourth-order valence-electron chi connectivity index (χ4n) is 3.79. The van der Waals surface area contributed by atoms with Gasteiger partial charge in [0.2, 0.25) is 0 Å². The van der Waals surface area contributed by atoms with Crippen LogP contribution in [0.5, 0.6) is 0 Å². The van der Waals surface area contributed by atoms with E-state index in [9.17, 15) is 4.79 Å². The second-order valence-electron chi connectivity index (χ2n) is 7.75. The highest BCUT2D eigenvalue weighted by Crippen LogP contribution is 2.23. The quantitative estimate of drug-likeness (QED) is 0.367. The van der Waals surface area contributed by atoms with Crippen LogP contribution in [0.15, 0.2) is 66.3 Å². The number of hydrogen-bond donors (Lipinski definition) is 0. The van der Waals surface area contributed by atoms with Crippen LogP contribution in [0.2, 0.25) is 0 Å². The van der Waals surface area contributed by atoms with E-state index in [2.05, 4.69) is 27.2 Å². The molecule has 1 saturated heterocycles. The largest absolute Gasteiger partial charge is 0.290 e. The van der Waals surface area contributed by atoms with E-state index in [0.29, 0.717) is 37.9 Å². The molecule has 0 radical (unpaired) electrons. The monoisotopic (exact) mass is 469 g/mol. The molecule has 0 aliphatic carbocycles. The maximum absolute atomic E-state index is 13.3. The molecule has 3 heterocycles. The number of carbonyl (C=O) groups excluding carboxylic acids is 1. The first-order chi connectivity index (χ1) is 15.6. The number of carbonyl (C=O) groups is 1. The Labute approximate surface area is 197 Å². The van der Waals surface area contributed by atoms with Gasteiger partial charge in [-0.15, -0.1) is 23.2 Å². The van der Waals surface area contributed by atoms with Crippen LogP contribution in [-0.4, -0.2) is 55.1 Å². The Morgan fingerprint density at radius 3 is 1.88 bits per heavy atom. The van der Waals surface area contributed by atoms with Gasteiger partial charge in [-0.1, -0.05) is 30.3 Å². The van der Waals surface area contributed by atoms with Gasteiger partial charge in [0, 0.05) is 66.1 Å². The van der Waals surface area contributed by atoms with E-state index in [1.807, 2.05) is 42.7 Å². The summed E-state index contributed by atoms with van der Waals surface area (Å²) in [6, 6.07) is 10.3. The van der Waals surface area contributed by atoms with Crippen molar-refractivity contribution in [1.29, 1.82) is 0 Å². The molecule has 1 aliphatic rings. The molecule has 0 saturated carbocycles. The molecule has 4 rings (SSSR count). The molecular formula is C24H25Cl2N5O. The summed E-state index contributed by atoms with van der Waals surface area (Å²) in [5, 5.41) is 8.63. The minimum absolute atomic E-state index is 0.0597. The van der Waals surface area contributed by atoms with Gasteiger partial charge in [0.15, 0.2) is 5.78 Å². The third-order valence-corrected chi connectivity index (χ3v) is 5.57. The number of Topliss-reactive ketones (excluding diaryl/α,β-unsaturated/α-hetero) is 1. The second kappa shape index (κ2) is 10.8. The SMILES string of the molecule is O=C1/C(=C\c2cnn(CCCl)c2)CN(Cc2ccccc2)C/C1=C\c1cnn(CCCl)c1. The lowest BCUT2D eigenvalue weighted by Gasteiger charge is -2.29. The first-order valence-corrected chi connectivity index (χ1v) is 11.6. The Bertz CT molecular complexity index is 1050. The number of benzene rings is 1. The fourth-order valence-corrected chi connectivity index (χ4v) is 4.14. The van der Waals surface area contributed by atoms with E-state index in [0.717, 1.165) is 28.8 Å². The molecule has 0 bridgehead atoms. The van der Waals surface area contributed by atoms with Crippen LogP contribution in [0.1, 0.15) is 16.7 Å². The minimum atomic E-state index is 0.0597. The molecule has 1 fully saturated rings. The van der Waals surface area contributed by atoms with Crippen molar-refractivity contribution in [2.45, 2.75) is 19.6 Å². The number of piperidine rings is 1. The van der Waals surface area contributed by atoms with Gasteiger partial charge < -0.3 is 0 Å². The standard InChI is InChI=1S/C24H25Cl2N5O/c25-6-8-30-15-20(12-27-30)10-22-17-29(14-19-4-2-1-3-5-19)18-23(24(22)32)11-21-13-28-31(16-21)9-7-26/h1-5,10-13,15-16H,6-9,14,17-18H2/b22-10-,23-11+. The zero-order valence-electron chi connectivity index (χ0n) is 17.7. The summed E-state index contributed by atoms with van der Waals surface area (Å²) in [5.74, 6) is 1.04. The van der Waals surface area contributed by atoms with E-state index >= 15 is 0 Å². The summed E-state index contributed by atoms with van der Waals surface area (Å²) in [6.07, 6.45) is 11.2. The number of likely N-dealkylation sites (tertiary alicyclic amines) is 1. The third kappa shape index (κ3) is 5.76. The van der Waals surface area contributed by atoms with Crippen LogP contribution in [0.4, 0.5) is 0 Å². The Kier molecular flexibility index (Phi) is 7.58. The lowest BCUT2D eigenvalue weighted by atomic mass is 9.94. The fraction of sp³-hybridized carbons (Fsp3) is 0.292. The number of aryl methyl sites for hydroxylation is 2. The van der Waals surface area contributed by atoms with Crippen LogP contribution in [0, 0.1) is 0 Å². The summed E-state index contributed by atoms with van der Waals surface area (Å²) in [4.78, 5) is 15.6. The van der Waals surface area contributed by atoms with Crippen molar-refractivity contribution in [3.63, 3.8) is 0 Å². The Morgan fingerprint density at radius 2 is 1.38 bits per heavy atom. The smallest absolute Gasteiger partial charge is 0.187 e. The maximum atomic E-state index is 13.3. The van der Waals surface area contributed by atoms with Crippen LogP contribution in [-0.2, 0) is 24.4 Å². The van der Waals surface area contributed by atoms with Crippen molar-refractivity contribution < 1.29 is 4.79 Å². The number of ketones is 1. The number of hydrogen-bond acceptors (Lipinski definition) is 4. The predicted octanol–water partition coefficient (Wildman–Crippen LogP) is 4.11. The molecule has 8 heteroatoms. The second-order valence-corrected chi connectivity index (χ2v) is 8.51. The van der Waals surface area contributed by atoms with E-state index < -0.39 is 0 Å². The Morgan fingerprint density at radius 1 is 0.844 bits per heavy atom. The van der Waals surface area contributed by atoms with Crippen molar-refractivity contribution in [3.8, 4) is 0 Å². The molecule has 0 N–H and O–H groups in total. The van der Waals surface area contributed by atoms with E-state index in [1.165, 1.54) is 5.56 Å². The van der Waals surface area contributed by atoms with Crippen LogP contribution >= 0.6 is 23.2 Å². The molecule has 0 spiro atoms. The molecule has 0 amide bonds. The average molecular weight is 470 g/mol. The van der Waals surface area contributed by atoms with Gasteiger partial charge in [-0.05, 0) is 17.7 Å². The molecule has 166 valence electrons. The molecule has 6 nitrogen and oxygen atoms in total. The summed E-state index contributed by atoms with van der Waals surface area (Å²) >= 11 is 11.6. The van der Waals surface area contributed by atoms with Crippen molar-refractivity contribution in [2.75, 3.05) is 24.8 Å². The summed E-state index contributed by atoms with van der Waals surface area (Å²) in [6.45, 7) is 3.20. The highest BCUT2D eigenvalue weighted by atomic mass is 35.5. The van der Waals surface area contributed by atoms with Gasteiger partial charge in [0.1, 0.15) is 0 Å². The zero-order chi connectivity index (χ0) is 22.3. The number of alkyl halides is 2. The highest BCUT2D eigenvalue weighted by Gasteiger charge is 2.26. The molecule has 1 aliphatic heterocycles. The van der Waals surface area contributed by atoms with E-state index in [-0.39, 0.29) is 5.78 Å². The highest BCUT2D eigenvalue weighted by molar-refractivity contribution is 6.18. The number of aromatic nitrogens is 4. The molecule has 2 aromatic heterocycles. The van der Waals surface area contributed by atoms with Gasteiger partial charge in [-0.2, -0.15) is 10.2 Å². The number of halogens is 2. The summed E-state index contributed by atoms with van der Waals surface area (Å²) in [5.41, 5.74) is 4.50. The van der Waals surface area contributed by atoms with Gasteiger partial charge in [0.05, 0.1) is 25.5 Å². The third-order valence-electron chi connectivity index (χ3n) is 5.24. The number of nitrogens with zero attached hydrogens (tertiary/aromatic N) is 5. The van der Waals surface area contributed by atoms with Gasteiger partial charge in [0.25, 0.3) is 0 Å². The van der Waals surface area contributed by atoms with Gasteiger partial charge in [-0.25, -0.2) is 0 Å². The minimum Gasteiger partial charge on any atom is -0.290 e. The van der Waals surface area contributed by atoms with Gasteiger partial charge >= 0.3 is 0 Å². The normalized spacial score (nSPS) is 17.5. The van der Waals surface area contributed by atoms with Crippen molar-refractivity contribution in [1.82, 2.24) is 24.5 Å². The Balaban J connectivity index is 1.62. The first kappa shape index (κ1) is 22.5. The van der Waals surface area contributed by atoms with Crippen molar-refractivity contribution in [2.24, 2.45) is 0 Å². The molecule has 1 aromatic carbocycles. The lowest BCUT2D eigenvalue weighted by Crippen LogP contribution is -2.37. The molecule has 0 atom stereocenters. The van der Waals surface area contributed by atoms with Crippen molar-refractivity contribution in [3.05, 3.63) is 83.0 Å². The van der Waals surface area contributed by atoms with E-state index in [4.69, 9.17) is 23.2 Å². The average Bonchev–Trinajstić information content (AvgIpc) is 3.42. The number of rotatable bonds is 8. The van der Waals surface area contributed by atoms with Gasteiger partial charge in [-0.3, -0.25) is 19.1 Å². The summed E-state index contributed by atoms with van der Waals surface area (Å²) < 4.78 is 3.58. The first-order valence-electron chi connectivity index (χ1n) is 10.5. The zero-order valence-corrected chi connectivity index (χ0v) is 19.2. The van der Waals surface area contributed by atoms with Crippen LogP contribution < -0.4 is 0 Å². The summed E-state index contributed by atoms with van der Waals surface area (Å²) in [7, 11) is 0. The molecule has 32 heavy (non-hydrogen) atoms. The topological polar surface area (TPSA) is 56.0 Å². The van der Waals surface area contributed by atoms with Crippen LogP contribution in [0.25, 0.3) is 12.2 Å². The Hall–Kier alpha value is -2.67. The lowest BCUT2D eigenvalue weighted by molar-refractivity contribution is -0.113. The molecule has 3 aromatic rings. The molecular weight excluding hydrogens is 445 g/mol. The maximum Gasteiger partial charge on any atom is 0.187 e. The molecule has 0 unspecified atom stereocenters. The van der Waals surface area contributed by atoms with E-state index in [1.54, 1.807) is 21.8 Å². The van der Waals surface area contributed by atoms with Crippen molar-refractivity contribution >= 4 is 41.1 Å².